The third kappa shape index (κ3) is 4.29. The number of nitrogens with zero attached hydrogens (tertiary/aromatic N) is 1. The van der Waals surface area contributed by atoms with Crippen molar-refractivity contribution in [1.82, 2.24) is 4.90 Å². The zero-order valence-electron chi connectivity index (χ0n) is 12.6. The van der Waals surface area contributed by atoms with Crippen molar-refractivity contribution in [2.75, 3.05) is 32.1 Å². The first-order valence-corrected chi connectivity index (χ1v) is 7.24. The highest BCUT2D eigenvalue weighted by Gasteiger charge is 2.20. The van der Waals surface area contributed by atoms with Crippen LogP contribution in [0, 0.1) is 12.8 Å². The number of nitrogens with one attached hydrogen (secondary N) is 1. The number of hydrogen-bond donors (Lipinski definition) is 1. The Bertz CT molecular complexity index is 508. The first-order chi connectivity index (χ1) is 10.1. The molecule has 1 fully saturated rings. The maximum absolute atomic E-state index is 12.1. The van der Waals surface area contributed by atoms with Crippen LogP contribution in [0.1, 0.15) is 18.4 Å². The Morgan fingerprint density at radius 2 is 2.14 bits per heavy atom. The molecule has 0 unspecified atom stereocenters. The van der Waals surface area contributed by atoms with Crippen LogP contribution in [0.25, 0.3) is 0 Å². The van der Waals surface area contributed by atoms with Gasteiger partial charge in [0.1, 0.15) is 12.0 Å². The highest BCUT2D eigenvalue weighted by molar-refractivity contribution is 5.93. The average molecular weight is 290 g/mol. The molecular formula is C16H22N2O3. The van der Waals surface area contributed by atoms with E-state index < -0.39 is 0 Å². The minimum atomic E-state index is -0.0524. The molecule has 0 spiro atoms. The molecule has 1 saturated heterocycles. The molecule has 1 aromatic rings. The second-order valence-corrected chi connectivity index (χ2v) is 5.50. The molecule has 0 bridgehead atoms. The summed E-state index contributed by atoms with van der Waals surface area (Å²) in [5, 5.41) is 2.90. The smallest absolute Gasteiger partial charge is 0.238 e. The summed E-state index contributed by atoms with van der Waals surface area (Å²) in [5.41, 5.74) is 1.77. The molecule has 0 aliphatic carbocycles. The van der Waals surface area contributed by atoms with Gasteiger partial charge in [0.15, 0.2) is 0 Å². The molecule has 1 amide bonds. The van der Waals surface area contributed by atoms with E-state index in [4.69, 9.17) is 4.74 Å². The SMILES string of the molecule is COc1ccc(C)cc1NC(=O)CN1CCC(C=O)CC1. The van der Waals surface area contributed by atoms with E-state index in [1.165, 1.54) is 0 Å². The van der Waals surface area contributed by atoms with E-state index >= 15 is 0 Å². The number of aldehydes is 1. The number of ether oxygens (including phenoxy) is 1. The van der Waals surface area contributed by atoms with Crippen molar-refractivity contribution < 1.29 is 14.3 Å². The van der Waals surface area contributed by atoms with Gasteiger partial charge < -0.3 is 14.8 Å². The molecule has 1 N–H and O–H groups in total. The number of methoxy groups -OCH3 is 1. The van der Waals surface area contributed by atoms with Crippen LogP contribution in [0.15, 0.2) is 18.2 Å². The standard InChI is InChI=1S/C16H22N2O3/c1-12-3-4-15(21-2)14(9-12)17-16(20)10-18-7-5-13(11-19)6-8-18/h3-4,9,11,13H,5-8,10H2,1-2H3,(H,17,20). The fourth-order valence-electron chi connectivity index (χ4n) is 2.56. The van der Waals surface area contributed by atoms with Gasteiger partial charge in [-0.25, -0.2) is 0 Å². The quantitative estimate of drug-likeness (QED) is 0.841. The normalized spacial score (nSPS) is 16.5. The first-order valence-electron chi connectivity index (χ1n) is 7.24. The second-order valence-electron chi connectivity index (χ2n) is 5.50. The number of piperidine rings is 1. The molecule has 21 heavy (non-hydrogen) atoms. The maximum Gasteiger partial charge on any atom is 0.238 e. The van der Waals surface area contributed by atoms with Crippen molar-refractivity contribution >= 4 is 17.9 Å². The third-order valence-corrected chi connectivity index (χ3v) is 3.82. The van der Waals surface area contributed by atoms with Crippen LogP contribution < -0.4 is 10.1 Å². The molecule has 0 aromatic heterocycles. The maximum atomic E-state index is 12.1. The zero-order chi connectivity index (χ0) is 15.2. The van der Waals surface area contributed by atoms with Crippen LogP contribution in [0.2, 0.25) is 0 Å². The average Bonchev–Trinajstić information content (AvgIpc) is 2.48. The fourth-order valence-corrected chi connectivity index (χ4v) is 2.56. The highest BCUT2D eigenvalue weighted by Crippen LogP contribution is 2.25. The van der Waals surface area contributed by atoms with E-state index in [1.54, 1.807) is 7.11 Å². The Morgan fingerprint density at radius 1 is 1.43 bits per heavy atom. The van der Waals surface area contributed by atoms with Crippen LogP contribution in [0.4, 0.5) is 5.69 Å². The summed E-state index contributed by atoms with van der Waals surface area (Å²) in [6.45, 7) is 3.91. The molecule has 5 nitrogen and oxygen atoms in total. The lowest BCUT2D eigenvalue weighted by Gasteiger charge is -2.28. The number of anilines is 1. The van der Waals surface area contributed by atoms with Gasteiger partial charge in [0.2, 0.25) is 5.91 Å². The molecule has 0 atom stereocenters. The van der Waals surface area contributed by atoms with Gasteiger partial charge >= 0.3 is 0 Å². The van der Waals surface area contributed by atoms with Crippen LogP contribution in [0.3, 0.4) is 0 Å². The summed E-state index contributed by atoms with van der Waals surface area (Å²) in [4.78, 5) is 24.9. The van der Waals surface area contributed by atoms with Crippen molar-refractivity contribution in [2.45, 2.75) is 19.8 Å². The molecule has 1 aliphatic rings. The molecule has 1 aromatic carbocycles. The minimum Gasteiger partial charge on any atom is -0.495 e. The zero-order valence-corrected chi connectivity index (χ0v) is 12.6. The summed E-state index contributed by atoms with van der Waals surface area (Å²) in [6.07, 6.45) is 2.70. The lowest BCUT2D eigenvalue weighted by molar-refractivity contribution is -0.117. The largest absolute Gasteiger partial charge is 0.495 e. The van der Waals surface area contributed by atoms with E-state index in [2.05, 4.69) is 10.2 Å². The van der Waals surface area contributed by atoms with E-state index in [0.29, 0.717) is 18.0 Å². The van der Waals surface area contributed by atoms with Gasteiger partial charge in [0, 0.05) is 5.92 Å². The summed E-state index contributed by atoms with van der Waals surface area (Å²) in [6, 6.07) is 5.69. The molecule has 2 rings (SSSR count). The molecule has 114 valence electrons. The van der Waals surface area contributed by atoms with Gasteiger partial charge in [-0.1, -0.05) is 6.07 Å². The van der Waals surface area contributed by atoms with E-state index in [1.807, 2.05) is 25.1 Å². The van der Waals surface area contributed by atoms with Gasteiger partial charge in [-0.05, 0) is 50.6 Å². The summed E-state index contributed by atoms with van der Waals surface area (Å²) < 4.78 is 5.25. The van der Waals surface area contributed by atoms with Gasteiger partial charge in [0.05, 0.1) is 19.3 Å². The van der Waals surface area contributed by atoms with Crippen LogP contribution in [0.5, 0.6) is 5.75 Å². The Hall–Kier alpha value is -1.88. The van der Waals surface area contributed by atoms with E-state index in [9.17, 15) is 9.59 Å². The predicted octanol–water partition coefficient (Wildman–Crippen LogP) is 1.85. The predicted molar refractivity (Wildman–Crippen MR) is 81.6 cm³/mol. The molecule has 0 saturated carbocycles. The number of aryl methyl sites for hydroxylation is 1. The van der Waals surface area contributed by atoms with Crippen molar-refractivity contribution in [3.05, 3.63) is 23.8 Å². The molecule has 5 heteroatoms. The number of benzene rings is 1. The summed E-state index contributed by atoms with van der Waals surface area (Å²) >= 11 is 0. The van der Waals surface area contributed by atoms with Crippen molar-refractivity contribution in [3.63, 3.8) is 0 Å². The number of carbonyl (C=O) groups is 2. The first kappa shape index (κ1) is 15.5. The molecule has 1 aliphatic heterocycles. The Kier molecular flexibility index (Phi) is 5.33. The molecule has 0 radical (unpaired) electrons. The van der Waals surface area contributed by atoms with Crippen LogP contribution in [-0.4, -0.2) is 43.8 Å². The lowest BCUT2D eigenvalue weighted by atomic mass is 9.99. The molecule has 1 heterocycles. The Balaban J connectivity index is 1.90. The monoisotopic (exact) mass is 290 g/mol. The van der Waals surface area contributed by atoms with Crippen LogP contribution >= 0.6 is 0 Å². The topological polar surface area (TPSA) is 58.6 Å². The van der Waals surface area contributed by atoms with E-state index in [-0.39, 0.29) is 11.8 Å². The summed E-state index contributed by atoms with van der Waals surface area (Å²) in [7, 11) is 1.59. The number of rotatable bonds is 5. The summed E-state index contributed by atoms with van der Waals surface area (Å²) in [5.74, 6) is 0.762. The van der Waals surface area contributed by atoms with Gasteiger partial charge in [-0.15, -0.1) is 0 Å². The van der Waals surface area contributed by atoms with Crippen molar-refractivity contribution in [1.29, 1.82) is 0 Å². The minimum absolute atomic E-state index is 0.0524. The number of hydrogen-bond acceptors (Lipinski definition) is 4. The molecular weight excluding hydrogens is 268 g/mol. The lowest BCUT2D eigenvalue weighted by Crippen LogP contribution is -2.39. The Labute approximate surface area is 125 Å². The van der Waals surface area contributed by atoms with Gasteiger partial charge in [-0.3, -0.25) is 9.69 Å². The van der Waals surface area contributed by atoms with Crippen molar-refractivity contribution in [3.8, 4) is 5.75 Å². The van der Waals surface area contributed by atoms with Crippen LogP contribution in [-0.2, 0) is 9.59 Å². The fraction of sp³-hybridized carbons (Fsp3) is 0.500. The number of amides is 1. The highest BCUT2D eigenvalue weighted by atomic mass is 16.5. The Morgan fingerprint density at radius 3 is 2.76 bits per heavy atom. The second kappa shape index (κ2) is 7.22. The van der Waals surface area contributed by atoms with E-state index in [0.717, 1.165) is 37.8 Å². The third-order valence-electron chi connectivity index (χ3n) is 3.82. The van der Waals surface area contributed by atoms with Gasteiger partial charge in [-0.2, -0.15) is 0 Å². The number of carbonyl (C=O) groups excluding carboxylic acids is 2. The number of likely N-dealkylation sites (tertiary alicyclic amines) is 1. The van der Waals surface area contributed by atoms with Crippen molar-refractivity contribution in [2.24, 2.45) is 5.92 Å². The van der Waals surface area contributed by atoms with Gasteiger partial charge in [0.25, 0.3) is 0 Å².